The number of dihydropyridines is 1. The van der Waals surface area contributed by atoms with E-state index in [2.05, 4.69) is 60.6 Å². The average molecular weight is 515 g/mol. The summed E-state index contributed by atoms with van der Waals surface area (Å²) in [5, 5.41) is 4.34. The number of rotatable bonds is 5. The zero-order valence-corrected chi connectivity index (χ0v) is 23.1. The molecule has 0 spiro atoms. The van der Waals surface area contributed by atoms with E-state index in [1.54, 1.807) is 0 Å². The molecule has 0 bridgehead atoms. The van der Waals surface area contributed by atoms with Crippen LogP contribution in [0.5, 0.6) is 0 Å². The Labute approximate surface area is 225 Å². The van der Waals surface area contributed by atoms with Gasteiger partial charge in [-0.25, -0.2) is 4.79 Å². The smallest absolute Gasteiger partial charge is 0.410 e. The van der Waals surface area contributed by atoms with Crippen molar-refractivity contribution < 1.29 is 14.3 Å². The number of fused-ring (bicyclic) bond motifs is 1. The van der Waals surface area contributed by atoms with Crippen molar-refractivity contribution in [2.75, 3.05) is 19.8 Å². The molecule has 2 aromatic rings. The molecule has 200 valence electrons. The van der Waals surface area contributed by atoms with Gasteiger partial charge in [0.2, 0.25) is 0 Å². The highest BCUT2D eigenvalue weighted by atomic mass is 16.6. The Morgan fingerprint density at radius 2 is 1.95 bits per heavy atom. The van der Waals surface area contributed by atoms with Crippen molar-refractivity contribution in [1.29, 1.82) is 0 Å². The molecule has 1 aliphatic carbocycles. The van der Waals surface area contributed by atoms with E-state index in [-0.39, 0.29) is 24.1 Å². The molecule has 38 heavy (non-hydrogen) atoms. The van der Waals surface area contributed by atoms with Crippen LogP contribution in [0.4, 0.5) is 4.79 Å². The monoisotopic (exact) mass is 514 g/mol. The summed E-state index contributed by atoms with van der Waals surface area (Å²) in [6.45, 7) is 9.63. The molecule has 2 atom stereocenters. The lowest BCUT2D eigenvalue weighted by Crippen LogP contribution is -2.46. The van der Waals surface area contributed by atoms with Crippen LogP contribution in [-0.4, -0.2) is 63.9 Å². The van der Waals surface area contributed by atoms with Crippen LogP contribution in [0.1, 0.15) is 46.1 Å². The van der Waals surface area contributed by atoms with E-state index in [4.69, 9.17) is 14.5 Å². The van der Waals surface area contributed by atoms with Crippen molar-refractivity contribution in [1.82, 2.24) is 14.7 Å². The normalized spacial score (nSPS) is 21.8. The van der Waals surface area contributed by atoms with E-state index in [0.29, 0.717) is 19.8 Å². The van der Waals surface area contributed by atoms with Gasteiger partial charge in [0.1, 0.15) is 5.60 Å². The van der Waals surface area contributed by atoms with Gasteiger partial charge in [0, 0.05) is 56.2 Å². The van der Waals surface area contributed by atoms with Gasteiger partial charge in [-0.3, -0.25) is 9.67 Å². The highest BCUT2D eigenvalue weighted by Crippen LogP contribution is 2.37. The molecule has 0 N–H and O–H groups in total. The lowest BCUT2D eigenvalue weighted by molar-refractivity contribution is -0.00285. The topological polar surface area (TPSA) is 69.0 Å². The second-order valence-electron chi connectivity index (χ2n) is 11.4. The number of aliphatic imine (C=N–C) groups is 1. The summed E-state index contributed by atoms with van der Waals surface area (Å²) in [5.41, 5.74) is 6.23. The fourth-order valence-corrected chi connectivity index (χ4v) is 5.40. The molecule has 1 saturated heterocycles. The number of aryl methyl sites for hydroxylation is 1. The molecule has 1 unspecified atom stereocenters. The molecule has 2 aliphatic heterocycles. The molecule has 0 radical (unpaired) electrons. The Bertz CT molecular complexity index is 1300. The van der Waals surface area contributed by atoms with Gasteiger partial charge >= 0.3 is 6.09 Å². The van der Waals surface area contributed by atoms with Gasteiger partial charge in [0.25, 0.3) is 0 Å². The maximum atomic E-state index is 13.3. The van der Waals surface area contributed by atoms with Gasteiger partial charge in [-0.2, -0.15) is 5.10 Å². The van der Waals surface area contributed by atoms with Crippen LogP contribution in [0.3, 0.4) is 0 Å². The van der Waals surface area contributed by atoms with Crippen molar-refractivity contribution in [3.63, 3.8) is 0 Å². The van der Waals surface area contributed by atoms with E-state index in [9.17, 15) is 4.79 Å². The van der Waals surface area contributed by atoms with Crippen molar-refractivity contribution in [2.24, 2.45) is 18.0 Å². The van der Waals surface area contributed by atoms with E-state index in [1.807, 2.05) is 49.8 Å². The van der Waals surface area contributed by atoms with E-state index in [0.717, 1.165) is 35.3 Å². The standard InChI is InChI=1S/C31H38N4O3/c1-21-15-27(24-8-6-7-23(17-24)25-18-32-34(5)20-25)28-16-22(9-10-29(28)33-21)19-35(26-11-13-37-14-12-26)30(36)38-31(2,3)4/h6-10,15-18,20,26,28-29H,11-14,19H2,1-5H3/t28-,29?/m1/s1. The second-order valence-corrected chi connectivity index (χ2v) is 11.4. The molecular formula is C31H38N4O3. The van der Waals surface area contributed by atoms with Crippen LogP contribution in [0.15, 0.2) is 71.5 Å². The maximum absolute atomic E-state index is 13.3. The second kappa shape index (κ2) is 10.7. The Kier molecular flexibility index (Phi) is 7.39. The maximum Gasteiger partial charge on any atom is 0.410 e. The van der Waals surface area contributed by atoms with Crippen LogP contribution in [-0.2, 0) is 16.5 Å². The van der Waals surface area contributed by atoms with Crippen LogP contribution < -0.4 is 0 Å². The van der Waals surface area contributed by atoms with Crippen molar-refractivity contribution in [3.05, 3.63) is 72.1 Å². The zero-order chi connectivity index (χ0) is 26.9. The molecular weight excluding hydrogens is 476 g/mol. The molecule has 0 saturated carbocycles. The molecule has 1 amide bonds. The fourth-order valence-electron chi connectivity index (χ4n) is 5.40. The number of hydrogen-bond acceptors (Lipinski definition) is 5. The van der Waals surface area contributed by atoms with Gasteiger partial charge in [-0.05, 0) is 75.0 Å². The van der Waals surface area contributed by atoms with Gasteiger partial charge in [-0.1, -0.05) is 36.4 Å². The minimum Gasteiger partial charge on any atom is -0.444 e. The molecule has 1 aromatic carbocycles. The average Bonchev–Trinajstić information content (AvgIpc) is 3.32. The summed E-state index contributed by atoms with van der Waals surface area (Å²) < 4.78 is 13.2. The third-order valence-corrected chi connectivity index (χ3v) is 7.19. The highest BCUT2D eigenvalue weighted by molar-refractivity contribution is 6.02. The van der Waals surface area contributed by atoms with Crippen LogP contribution in [0.2, 0.25) is 0 Å². The van der Waals surface area contributed by atoms with Crippen molar-refractivity contribution in [2.45, 2.75) is 58.2 Å². The molecule has 3 heterocycles. The zero-order valence-electron chi connectivity index (χ0n) is 23.1. The van der Waals surface area contributed by atoms with Crippen LogP contribution in [0, 0.1) is 5.92 Å². The molecule has 7 nitrogen and oxygen atoms in total. The molecule has 5 rings (SSSR count). The van der Waals surface area contributed by atoms with Crippen molar-refractivity contribution >= 4 is 17.4 Å². The molecule has 1 fully saturated rings. The lowest BCUT2D eigenvalue weighted by Gasteiger charge is -2.37. The number of carbonyl (C=O) groups is 1. The number of hydrogen-bond donors (Lipinski definition) is 0. The predicted molar refractivity (Wildman–Crippen MR) is 151 cm³/mol. The summed E-state index contributed by atoms with van der Waals surface area (Å²) in [6.07, 6.45) is 14.1. The lowest BCUT2D eigenvalue weighted by atomic mass is 9.79. The van der Waals surface area contributed by atoms with E-state index in [1.165, 1.54) is 11.1 Å². The quantitative estimate of drug-likeness (QED) is 0.503. The predicted octanol–water partition coefficient (Wildman–Crippen LogP) is 5.84. The Balaban J connectivity index is 1.43. The van der Waals surface area contributed by atoms with Gasteiger partial charge < -0.3 is 14.4 Å². The van der Waals surface area contributed by atoms with Crippen LogP contribution in [0.25, 0.3) is 16.7 Å². The Hall–Kier alpha value is -3.45. The van der Waals surface area contributed by atoms with Crippen molar-refractivity contribution in [3.8, 4) is 11.1 Å². The van der Waals surface area contributed by atoms with Crippen LogP contribution >= 0.6 is 0 Å². The molecule has 1 aromatic heterocycles. The number of allylic oxidation sites excluding steroid dienone is 1. The summed E-state index contributed by atoms with van der Waals surface area (Å²) in [5.74, 6) is 0.0954. The number of ether oxygens (including phenoxy) is 2. The number of amides is 1. The summed E-state index contributed by atoms with van der Waals surface area (Å²) in [7, 11) is 1.93. The fraction of sp³-hybridized carbons (Fsp3) is 0.452. The highest BCUT2D eigenvalue weighted by Gasteiger charge is 2.33. The minimum absolute atomic E-state index is 0.0406. The number of benzene rings is 1. The largest absolute Gasteiger partial charge is 0.444 e. The van der Waals surface area contributed by atoms with Gasteiger partial charge in [-0.15, -0.1) is 0 Å². The summed E-state index contributed by atoms with van der Waals surface area (Å²) >= 11 is 0. The third kappa shape index (κ3) is 5.99. The summed E-state index contributed by atoms with van der Waals surface area (Å²) in [6, 6.07) is 8.77. The minimum atomic E-state index is -0.548. The first-order valence-corrected chi connectivity index (χ1v) is 13.5. The van der Waals surface area contributed by atoms with E-state index < -0.39 is 5.60 Å². The summed E-state index contributed by atoms with van der Waals surface area (Å²) in [4.78, 5) is 20.1. The van der Waals surface area contributed by atoms with Gasteiger partial charge in [0.15, 0.2) is 0 Å². The molecule has 3 aliphatic rings. The number of aromatic nitrogens is 2. The first-order chi connectivity index (χ1) is 18.2. The third-order valence-electron chi connectivity index (χ3n) is 7.19. The van der Waals surface area contributed by atoms with E-state index >= 15 is 0 Å². The first kappa shape index (κ1) is 26.2. The Morgan fingerprint density at radius 1 is 1.18 bits per heavy atom. The molecule has 7 heteroatoms. The van der Waals surface area contributed by atoms with Gasteiger partial charge in [0.05, 0.1) is 12.2 Å². The number of carbonyl (C=O) groups excluding carboxylic acids is 1. The SMILES string of the molecule is CC1=NC2C=CC(CN(C(=O)OC(C)(C)C)C3CCOCC3)=C[C@@H]2C(c2cccc(-c3cnn(C)c3)c2)=C1. The number of nitrogens with zero attached hydrogens (tertiary/aromatic N) is 4. The Morgan fingerprint density at radius 3 is 2.66 bits per heavy atom. The first-order valence-electron chi connectivity index (χ1n) is 13.5.